The molecule has 2 aromatic heterocycles. The van der Waals surface area contributed by atoms with Crippen LogP contribution in [0, 0.1) is 18.7 Å². The third kappa shape index (κ3) is 6.25. The molecule has 13 heteroatoms. The molecule has 5 aromatic rings. The number of ether oxygens (including phenoxy) is 3. The summed E-state index contributed by atoms with van der Waals surface area (Å²) in [4.78, 5) is 43.4. The first kappa shape index (κ1) is 32.7. The van der Waals surface area contributed by atoms with Crippen LogP contribution in [0.5, 0.6) is 23.0 Å². The number of fused-ring (bicyclic) bond motifs is 1. The van der Waals surface area contributed by atoms with Gasteiger partial charge < -0.3 is 30.4 Å². The molecule has 0 bridgehead atoms. The van der Waals surface area contributed by atoms with Gasteiger partial charge in [-0.1, -0.05) is 25.1 Å². The highest BCUT2D eigenvalue weighted by molar-refractivity contribution is 6.05. The fraction of sp³-hybridized carbons (Fsp3) is 0.235. The molecular weight excluding hydrogens is 609 g/mol. The largest absolute Gasteiger partial charge is 0.493 e. The topological polar surface area (TPSA) is 160 Å². The number of nitrogens with two attached hydrogens (primary N) is 1. The van der Waals surface area contributed by atoms with Gasteiger partial charge in [-0.3, -0.25) is 24.0 Å². The van der Waals surface area contributed by atoms with Crippen molar-refractivity contribution in [3.05, 3.63) is 100 Å². The van der Waals surface area contributed by atoms with Gasteiger partial charge in [0.15, 0.2) is 23.1 Å². The van der Waals surface area contributed by atoms with Crippen molar-refractivity contribution in [3.63, 3.8) is 0 Å². The Kier molecular flexibility index (Phi) is 9.02. The van der Waals surface area contributed by atoms with Crippen LogP contribution in [0.1, 0.15) is 29.9 Å². The number of carbonyl (C=O) groups is 2. The van der Waals surface area contributed by atoms with Crippen LogP contribution in [-0.2, 0) is 11.3 Å². The second kappa shape index (κ2) is 13.0. The molecule has 4 N–H and O–H groups in total. The average molecular weight is 644 g/mol. The molecule has 0 radical (unpaired) electrons. The fourth-order valence-corrected chi connectivity index (χ4v) is 5.12. The molecule has 0 saturated carbocycles. The van der Waals surface area contributed by atoms with Gasteiger partial charge >= 0.3 is 5.97 Å². The van der Waals surface area contributed by atoms with Crippen molar-refractivity contribution in [1.29, 1.82) is 0 Å². The van der Waals surface area contributed by atoms with Crippen molar-refractivity contribution in [2.45, 2.75) is 32.9 Å². The van der Waals surface area contributed by atoms with Crippen molar-refractivity contribution < 1.29 is 33.3 Å². The van der Waals surface area contributed by atoms with Crippen LogP contribution in [0.4, 0.5) is 10.1 Å². The third-order valence-electron chi connectivity index (χ3n) is 8.17. The van der Waals surface area contributed by atoms with Crippen LogP contribution in [-0.4, -0.2) is 51.1 Å². The van der Waals surface area contributed by atoms with E-state index in [4.69, 9.17) is 19.9 Å². The maximum Gasteiger partial charge on any atom is 0.323 e. The minimum absolute atomic E-state index is 0.0194. The maximum absolute atomic E-state index is 15.4. The van der Waals surface area contributed by atoms with E-state index in [-0.39, 0.29) is 29.2 Å². The Labute approximate surface area is 269 Å². The smallest absolute Gasteiger partial charge is 0.323 e. The second-order valence-electron chi connectivity index (χ2n) is 11.2. The van der Waals surface area contributed by atoms with E-state index < -0.39 is 34.7 Å². The number of amides is 1. The molecule has 0 spiro atoms. The molecule has 0 aliphatic carbocycles. The van der Waals surface area contributed by atoms with Crippen molar-refractivity contribution in [2.24, 2.45) is 11.7 Å². The number of hydrogen-bond donors (Lipinski definition) is 3. The first-order valence-corrected chi connectivity index (χ1v) is 14.6. The van der Waals surface area contributed by atoms with Gasteiger partial charge in [-0.05, 0) is 50.2 Å². The molecule has 5 rings (SSSR count). The van der Waals surface area contributed by atoms with Gasteiger partial charge in [0.1, 0.15) is 16.9 Å². The molecular formula is C34H34FN5O7. The summed E-state index contributed by atoms with van der Waals surface area (Å²) in [6.45, 7) is 4.65. The minimum atomic E-state index is -1.61. The highest BCUT2D eigenvalue weighted by atomic mass is 19.1. The first-order valence-electron chi connectivity index (χ1n) is 14.6. The third-order valence-corrected chi connectivity index (χ3v) is 8.17. The Bertz CT molecular complexity index is 2040. The summed E-state index contributed by atoms with van der Waals surface area (Å²) in [5.41, 5.74) is 5.02. The van der Waals surface area contributed by atoms with Crippen molar-refractivity contribution in [1.82, 2.24) is 14.3 Å². The van der Waals surface area contributed by atoms with E-state index in [9.17, 15) is 19.5 Å². The molecule has 3 aromatic carbocycles. The van der Waals surface area contributed by atoms with Crippen LogP contribution >= 0.6 is 0 Å². The van der Waals surface area contributed by atoms with Crippen molar-refractivity contribution in [2.75, 3.05) is 19.5 Å². The van der Waals surface area contributed by atoms with E-state index in [2.05, 4.69) is 10.3 Å². The highest BCUT2D eigenvalue weighted by Crippen LogP contribution is 2.37. The lowest BCUT2D eigenvalue weighted by molar-refractivity contribution is -0.144. The van der Waals surface area contributed by atoms with Crippen molar-refractivity contribution >= 4 is 28.5 Å². The lowest BCUT2D eigenvalue weighted by Crippen LogP contribution is -2.52. The van der Waals surface area contributed by atoms with Crippen molar-refractivity contribution in [3.8, 4) is 28.7 Å². The van der Waals surface area contributed by atoms with Crippen LogP contribution in [0.15, 0.2) is 77.7 Å². The molecule has 12 nitrogen and oxygen atoms in total. The maximum atomic E-state index is 15.4. The normalized spacial score (nSPS) is 13.1. The molecule has 2 heterocycles. The van der Waals surface area contributed by atoms with Crippen LogP contribution in [0.2, 0.25) is 0 Å². The lowest BCUT2D eigenvalue weighted by atomic mass is 9.88. The van der Waals surface area contributed by atoms with E-state index >= 15 is 4.39 Å². The number of carboxylic acid groups (broad SMARTS) is 1. The number of methoxy groups -OCH3 is 2. The number of hydrogen-bond acceptors (Lipinski definition) is 8. The number of carbonyl (C=O) groups excluding carboxylic acids is 1. The number of halogens is 1. The Hall–Kier alpha value is -5.69. The van der Waals surface area contributed by atoms with Gasteiger partial charge in [-0.2, -0.15) is 0 Å². The molecule has 47 heavy (non-hydrogen) atoms. The standard InChI is InChI=1S/C34H34FN5O7/c1-19(34(3,36)33(43)44)18-39-20(2)30(32(42)40(39)22-9-7-6-8-10-22)31(41)38-21-11-12-27(24(35)15-21)47-26-13-14-37-25-17-29(46-5)28(45-4)16-23(25)26/h6-17,19H,18,36H2,1-5H3,(H,38,41)(H,43,44)/t19-,34+/m1/s1. The summed E-state index contributed by atoms with van der Waals surface area (Å²) < 4.78 is 34.8. The summed E-state index contributed by atoms with van der Waals surface area (Å²) >= 11 is 0. The Morgan fingerprint density at radius 3 is 2.34 bits per heavy atom. The zero-order valence-electron chi connectivity index (χ0n) is 26.4. The number of carboxylic acids is 1. The van der Waals surface area contributed by atoms with Gasteiger partial charge in [-0.15, -0.1) is 0 Å². The fourth-order valence-electron chi connectivity index (χ4n) is 5.12. The monoisotopic (exact) mass is 643 g/mol. The van der Waals surface area contributed by atoms with E-state index in [0.29, 0.717) is 33.8 Å². The number of nitrogens with one attached hydrogen (secondary N) is 1. The number of pyridine rings is 1. The highest BCUT2D eigenvalue weighted by Gasteiger charge is 2.36. The zero-order chi connectivity index (χ0) is 34.0. The van der Waals surface area contributed by atoms with E-state index in [1.807, 2.05) is 0 Å². The van der Waals surface area contributed by atoms with Gasteiger partial charge in [-0.25, -0.2) is 9.07 Å². The predicted molar refractivity (Wildman–Crippen MR) is 173 cm³/mol. The molecule has 2 atom stereocenters. The number of para-hydroxylation sites is 1. The molecule has 0 aliphatic rings. The van der Waals surface area contributed by atoms with Crippen LogP contribution < -0.4 is 30.8 Å². The predicted octanol–water partition coefficient (Wildman–Crippen LogP) is 5.13. The Balaban J connectivity index is 1.45. The minimum Gasteiger partial charge on any atom is -0.493 e. The van der Waals surface area contributed by atoms with Gasteiger partial charge in [0.2, 0.25) is 0 Å². The van der Waals surface area contributed by atoms with E-state index in [1.165, 1.54) is 48.8 Å². The molecule has 244 valence electrons. The van der Waals surface area contributed by atoms with Crippen LogP contribution in [0.3, 0.4) is 0 Å². The van der Waals surface area contributed by atoms with Gasteiger partial charge in [0.25, 0.3) is 11.5 Å². The molecule has 0 saturated heterocycles. The number of nitrogens with zero attached hydrogens (tertiary/aromatic N) is 3. The van der Waals surface area contributed by atoms with Gasteiger partial charge in [0.05, 0.1) is 31.1 Å². The molecule has 1 amide bonds. The van der Waals surface area contributed by atoms with E-state index in [1.54, 1.807) is 62.4 Å². The summed E-state index contributed by atoms with van der Waals surface area (Å²) in [5, 5.41) is 12.8. The number of benzene rings is 3. The van der Waals surface area contributed by atoms with Crippen LogP contribution in [0.25, 0.3) is 16.6 Å². The summed E-state index contributed by atoms with van der Waals surface area (Å²) in [5.74, 6) is -2.26. The quantitative estimate of drug-likeness (QED) is 0.177. The first-order chi connectivity index (χ1) is 22.4. The second-order valence-corrected chi connectivity index (χ2v) is 11.2. The Morgan fingerprint density at radius 2 is 1.70 bits per heavy atom. The van der Waals surface area contributed by atoms with Gasteiger partial charge in [0, 0.05) is 41.9 Å². The molecule has 0 aliphatic heterocycles. The zero-order valence-corrected chi connectivity index (χ0v) is 26.4. The summed E-state index contributed by atoms with van der Waals surface area (Å²) in [7, 11) is 3.00. The molecule has 0 fully saturated rings. The summed E-state index contributed by atoms with van der Waals surface area (Å²) in [6, 6.07) is 17.4. The Morgan fingerprint density at radius 1 is 1.02 bits per heavy atom. The number of anilines is 1. The average Bonchev–Trinajstić information content (AvgIpc) is 3.30. The number of aromatic nitrogens is 3. The SMILES string of the molecule is COc1cc2nccc(Oc3ccc(NC(=O)c4c(C)n(C[C@@H](C)[C@](C)(N)C(=O)O)n(-c5ccccc5)c4=O)cc3F)c2cc1OC. The number of aliphatic carboxylic acids is 1. The lowest BCUT2D eigenvalue weighted by Gasteiger charge is -2.28. The number of rotatable bonds is 11. The van der Waals surface area contributed by atoms with E-state index in [0.717, 1.165) is 6.07 Å². The molecule has 0 unspecified atom stereocenters. The summed E-state index contributed by atoms with van der Waals surface area (Å²) in [6.07, 6.45) is 1.52.